The molecule has 11 heteroatoms. The number of nitrogens with zero attached hydrogens (tertiary/aromatic N) is 4. The third-order valence-corrected chi connectivity index (χ3v) is 9.97. The topological polar surface area (TPSA) is 87.9 Å². The van der Waals surface area contributed by atoms with Crippen molar-refractivity contribution in [3.63, 3.8) is 0 Å². The molecule has 1 saturated carbocycles. The SMILES string of the molecule is COc1cc(C(=O)N2C[C@H](F)C[C@@H](N(C(=O)O)C(C)(C)C)C2)cc2sc(-c3cc4ccc(Cl)nc4n3CC3CC3)c(C)c12. The van der Waals surface area contributed by atoms with Crippen LogP contribution in [-0.4, -0.2) is 74.4 Å². The van der Waals surface area contributed by atoms with Gasteiger partial charge in [-0.15, -0.1) is 11.3 Å². The zero-order chi connectivity index (χ0) is 30.8. The number of pyridine rings is 1. The Kier molecular flexibility index (Phi) is 7.57. The first-order chi connectivity index (χ1) is 20.3. The Morgan fingerprint density at radius 3 is 2.60 bits per heavy atom. The summed E-state index contributed by atoms with van der Waals surface area (Å²) in [4.78, 5) is 34.4. The fraction of sp³-hybridized carbons (Fsp3) is 0.469. The number of halogens is 2. The fourth-order valence-corrected chi connectivity index (χ4v) is 7.88. The Labute approximate surface area is 259 Å². The standard InChI is InChI=1S/C32H36ClFN4O4S/c1-17-27-24(42-5)11-20(30(39)36-15-21(34)13-22(16-36)38(31(40)41)32(2,3)4)12-25(27)43-28(17)23-10-19-8-9-26(33)35-29(19)37(23)14-18-6-7-18/h8-12,18,21-22H,6-7,13-16H2,1-5H3,(H,40,41)/t21-,22-/m1/s1. The van der Waals surface area contributed by atoms with Crippen LogP contribution in [0, 0.1) is 12.8 Å². The van der Waals surface area contributed by atoms with Crippen molar-refractivity contribution < 1.29 is 23.8 Å². The van der Waals surface area contributed by atoms with Gasteiger partial charge in [0.05, 0.1) is 30.3 Å². The predicted molar refractivity (Wildman–Crippen MR) is 168 cm³/mol. The Hall–Kier alpha value is -3.37. The molecular formula is C32H36ClFN4O4S. The molecule has 2 atom stereocenters. The van der Waals surface area contributed by atoms with Crippen LogP contribution in [-0.2, 0) is 6.54 Å². The lowest BCUT2D eigenvalue weighted by atomic mass is 9.96. The zero-order valence-electron chi connectivity index (χ0n) is 25.0. The molecule has 43 heavy (non-hydrogen) atoms. The number of piperidine rings is 1. The van der Waals surface area contributed by atoms with Crippen LogP contribution in [0.4, 0.5) is 9.18 Å². The summed E-state index contributed by atoms with van der Waals surface area (Å²) in [6.07, 6.45) is -0.00933. The van der Waals surface area contributed by atoms with Crippen LogP contribution in [0.5, 0.6) is 5.75 Å². The second kappa shape index (κ2) is 11.0. The lowest BCUT2D eigenvalue weighted by Crippen LogP contribution is -2.59. The minimum absolute atomic E-state index is 0.0537. The van der Waals surface area contributed by atoms with Crippen molar-refractivity contribution in [2.24, 2.45) is 5.92 Å². The predicted octanol–water partition coefficient (Wildman–Crippen LogP) is 7.63. The summed E-state index contributed by atoms with van der Waals surface area (Å²) in [5.41, 5.74) is 2.61. The number of benzene rings is 1. The highest BCUT2D eigenvalue weighted by molar-refractivity contribution is 7.22. The molecule has 4 aromatic rings. The zero-order valence-corrected chi connectivity index (χ0v) is 26.6. The van der Waals surface area contributed by atoms with E-state index in [0.29, 0.717) is 22.4 Å². The van der Waals surface area contributed by atoms with Crippen molar-refractivity contribution in [2.75, 3.05) is 20.2 Å². The molecule has 8 nitrogen and oxygen atoms in total. The van der Waals surface area contributed by atoms with Gasteiger partial charge in [0.1, 0.15) is 22.7 Å². The van der Waals surface area contributed by atoms with Crippen molar-refractivity contribution in [1.82, 2.24) is 19.4 Å². The van der Waals surface area contributed by atoms with E-state index in [-0.39, 0.29) is 25.4 Å². The van der Waals surface area contributed by atoms with E-state index in [2.05, 4.69) is 22.5 Å². The van der Waals surface area contributed by atoms with Crippen LogP contribution >= 0.6 is 22.9 Å². The van der Waals surface area contributed by atoms with E-state index in [1.54, 1.807) is 51.4 Å². The maximum absolute atomic E-state index is 15.0. The molecule has 1 aliphatic carbocycles. The Morgan fingerprint density at radius 2 is 1.95 bits per heavy atom. The monoisotopic (exact) mass is 626 g/mol. The third kappa shape index (κ3) is 5.55. The lowest BCUT2D eigenvalue weighted by Gasteiger charge is -2.45. The van der Waals surface area contributed by atoms with Crippen molar-refractivity contribution >= 4 is 56.1 Å². The first kappa shape index (κ1) is 29.7. The van der Waals surface area contributed by atoms with E-state index >= 15 is 4.39 Å². The normalized spacial score (nSPS) is 19.3. The van der Waals surface area contributed by atoms with Crippen molar-refractivity contribution in [1.29, 1.82) is 0 Å². The molecule has 0 radical (unpaired) electrons. The quantitative estimate of drug-likeness (QED) is 0.222. The van der Waals surface area contributed by atoms with E-state index < -0.39 is 23.8 Å². The summed E-state index contributed by atoms with van der Waals surface area (Å²) in [5.74, 6) is 0.840. The van der Waals surface area contributed by atoms with E-state index in [9.17, 15) is 14.7 Å². The first-order valence-electron chi connectivity index (χ1n) is 14.6. The molecule has 2 aliphatic rings. The number of alkyl halides is 1. The van der Waals surface area contributed by atoms with Crippen LogP contribution in [0.25, 0.3) is 31.7 Å². The Balaban J connectivity index is 1.39. The summed E-state index contributed by atoms with van der Waals surface area (Å²) in [6.45, 7) is 8.29. The molecule has 2 amide bonds. The second-order valence-electron chi connectivity index (χ2n) is 12.8. The van der Waals surface area contributed by atoms with E-state index in [1.165, 1.54) is 22.6 Å². The summed E-state index contributed by atoms with van der Waals surface area (Å²) < 4.78 is 24.0. The summed E-state index contributed by atoms with van der Waals surface area (Å²) in [5, 5.41) is 12.3. The Morgan fingerprint density at radius 1 is 1.21 bits per heavy atom. The number of aryl methyl sites for hydroxylation is 1. The molecule has 1 aromatic carbocycles. The average molecular weight is 627 g/mol. The molecule has 0 unspecified atom stereocenters. The third-order valence-electron chi connectivity index (χ3n) is 8.50. The lowest BCUT2D eigenvalue weighted by molar-refractivity contribution is 0.0126. The van der Waals surface area contributed by atoms with Gasteiger partial charge < -0.3 is 19.3 Å². The van der Waals surface area contributed by atoms with Gasteiger partial charge in [0.15, 0.2) is 0 Å². The van der Waals surface area contributed by atoms with Gasteiger partial charge in [-0.3, -0.25) is 9.69 Å². The number of likely N-dealkylation sites (tertiary alicyclic amines) is 1. The number of methoxy groups -OCH3 is 1. The number of carboxylic acid groups (broad SMARTS) is 1. The van der Waals surface area contributed by atoms with E-state index in [4.69, 9.17) is 16.3 Å². The average Bonchev–Trinajstić information content (AvgIpc) is 3.61. The number of carbonyl (C=O) groups excluding carboxylic acids is 1. The van der Waals surface area contributed by atoms with Gasteiger partial charge in [0.25, 0.3) is 5.91 Å². The van der Waals surface area contributed by atoms with Gasteiger partial charge in [0.2, 0.25) is 0 Å². The van der Waals surface area contributed by atoms with Gasteiger partial charge in [-0.05, 0) is 82.3 Å². The number of ether oxygens (including phenoxy) is 1. The van der Waals surface area contributed by atoms with Crippen LogP contribution in [0.3, 0.4) is 0 Å². The molecule has 1 saturated heterocycles. The highest BCUT2D eigenvalue weighted by Crippen LogP contribution is 2.45. The number of hydrogen-bond acceptors (Lipinski definition) is 5. The smallest absolute Gasteiger partial charge is 0.408 e. The highest BCUT2D eigenvalue weighted by atomic mass is 35.5. The van der Waals surface area contributed by atoms with Gasteiger partial charge in [-0.25, -0.2) is 14.2 Å². The molecule has 4 heterocycles. The van der Waals surface area contributed by atoms with E-state index in [0.717, 1.165) is 43.8 Å². The van der Waals surface area contributed by atoms with Gasteiger partial charge >= 0.3 is 6.09 Å². The molecule has 2 fully saturated rings. The number of fused-ring (bicyclic) bond motifs is 2. The second-order valence-corrected chi connectivity index (χ2v) is 14.2. The van der Waals surface area contributed by atoms with Gasteiger partial charge in [0, 0.05) is 46.1 Å². The van der Waals surface area contributed by atoms with Gasteiger partial charge in [-0.2, -0.15) is 0 Å². The summed E-state index contributed by atoms with van der Waals surface area (Å²) in [7, 11) is 1.58. The van der Waals surface area contributed by atoms with Gasteiger partial charge in [-0.1, -0.05) is 11.6 Å². The minimum Gasteiger partial charge on any atom is -0.496 e. The van der Waals surface area contributed by atoms with Crippen molar-refractivity contribution in [3.05, 3.63) is 46.6 Å². The van der Waals surface area contributed by atoms with E-state index in [1.807, 2.05) is 12.1 Å². The Bertz CT molecular complexity index is 1740. The van der Waals surface area contributed by atoms with Crippen LogP contribution in [0.2, 0.25) is 5.15 Å². The van der Waals surface area contributed by atoms with Crippen LogP contribution in [0.15, 0.2) is 30.3 Å². The molecule has 6 rings (SSSR count). The van der Waals surface area contributed by atoms with Crippen molar-refractivity contribution in [3.8, 4) is 16.3 Å². The molecule has 228 valence electrons. The molecule has 1 N–H and O–H groups in total. The fourth-order valence-electron chi connectivity index (χ4n) is 6.44. The number of hydrogen-bond donors (Lipinski definition) is 1. The molecule has 0 bridgehead atoms. The van der Waals surface area contributed by atoms with Crippen LogP contribution < -0.4 is 4.74 Å². The number of rotatable bonds is 6. The maximum Gasteiger partial charge on any atom is 0.408 e. The largest absolute Gasteiger partial charge is 0.496 e. The molecule has 3 aromatic heterocycles. The number of thiophene rings is 1. The highest BCUT2D eigenvalue weighted by Gasteiger charge is 2.40. The van der Waals surface area contributed by atoms with Crippen molar-refractivity contribution in [2.45, 2.75) is 71.3 Å². The van der Waals surface area contributed by atoms with Crippen LogP contribution in [0.1, 0.15) is 56.0 Å². The molecule has 1 aliphatic heterocycles. The summed E-state index contributed by atoms with van der Waals surface area (Å²) >= 11 is 7.87. The number of carbonyl (C=O) groups is 2. The summed E-state index contributed by atoms with van der Waals surface area (Å²) in [6, 6.07) is 8.85. The number of amides is 2. The first-order valence-corrected chi connectivity index (χ1v) is 15.8. The minimum atomic E-state index is -1.33. The maximum atomic E-state index is 15.0. The number of aromatic nitrogens is 2. The molecular weight excluding hydrogens is 591 g/mol. The molecule has 0 spiro atoms.